The summed E-state index contributed by atoms with van der Waals surface area (Å²) in [5, 5.41) is 0. The fraction of sp³-hybridized carbons (Fsp3) is 0.810. The van der Waals surface area contributed by atoms with Gasteiger partial charge in [-0.1, -0.05) is 102 Å². The second-order valence-electron chi connectivity index (χ2n) is 6.64. The van der Waals surface area contributed by atoms with Gasteiger partial charge in [-0.15, -0.1) is 0 Å². The predicted molar refractivity (Wildman–Crippen MR) is 95.4 cm³/mol. The molecule has 0 spiro atoms. The van der Waals surface area contributed by atoms with Crippen molar-refractivity contribution in [3.05, 3.63) is 24.3 Å². The molecule has 0 nitrogen and oxygen atoms in total. The Morgan fingerprint density at radius 3 is 1.43 bits per heavy atom. The minimum absolute atomic E-state index is 1.14. The van der Waals surface area contributed by atoms with Gasteiger partial charge in [0.2, 0.25) is 0 Å². The number of hydrogen-bond donors (Lipinski definition) is 0. The first-order valence-electron chi connectivity index (χ1n) is 9.72. The Hall–Kier alpha value is -0.520. The van der Waals surface area contributed by atoms with Crippen molar-refractivity contribution in [2.75, 3.05) is 0 Å². The van der Waals surface area contributed by atoms with E-state index < -0.39 is 0 Å². The van der Waals surface area contributed by atoms with E-state index in [1.54, 1.807) is 0 Å². The van der Waals surface area contributed by atoms with Crippen LogP contribution in [0.15, 0.2) is 18.2 Å². The lowest BCUT2D eigenvalue weighted by Crippen LogP contribution is -1.83. The summed E-state index contributed by atoms with van der Waals surface area (Å²) in [6, 6.07) is 0. The third-order valence-electron chi connectivity index (χ3n) is 4.54. The van der Waals surface area contributed by atoms with E-state index in [4.69, 9.17) is 0 Å². The highest BCUT2D eigenvalue weighted by Crippen LogP contribution is 2.14. The van der Waals surface area contributed by atoms with Crippen LogP contribution in [0, 0.1) is 6.08 Å². The normalized spacial score (nSPS) is 25.5. The van der Waals surface area contributed by atoms with Gasteiger partial charge in [-0.05, 0) is 31.8 Å². The topological polar surface area (TPSA) is 0 Å². The Balaban J connectivity index is 2.11. The zero-order valence-corrected chi connectivity index (χ0v) is 14.3. The summed E-state index contributed by atoms with van der Waals surface area (Å²) in [4.78, 5) is 0. The monoisotopic (exact) mass is 289 g/mol. The van der Waals surface area contributed by atoms with E-state index in [-0.39, 0.29) is 0 Å². The number of rotatable bonds is 0. The van der Waals surface area contributed by atoms with E-state index >= 15 is 0 Å². The summed E-state index contributed by atoms with van der Waals surface area (Å²) < 4.78 is 0. The van der Waals surface area contributed by atoms with Crippen molar-refractivity contribution in [3.63, 3.8) is 0 Å². The summed E-state index contributed by atoms with van der Waals surface area (Å²) in [5.74, 6) is 0. The zero-order chi connectivity index (χ0) is 14.8. The van der Waals surface area contributed by atoms with Crippen LogP contribution >= 0.6 is 0 Å². The van der Waals surface area contributed by atoms with E-state index in [2.05, 4.69) is 24.3 Å². The molecule has 0 fully saturated rings. The molecule has 0 saturated carbocycles. The molecule has 0 bridgehead atoms. The van der Waals surface area contributed by atoms with Crippen LogP contribution in [0.1, 0.15) is 109 Å². The van der Waals surface area contributed by atoms with Gasteiger partial charge in [0.1, 0.15) is 0 Å². The first-order chi connectivity index (χ1) is 10.5. The third kappa shape index (κ3) is 14.2. The van der Waals surface area contributed by atoms with Crippen molar-refractivity contribution in [2.45, 2.75) is 109 Å². The number of hydrogen-bond acceptors (Lipinski definition) is 0. The molecular weight excluding hydrogens is 252 g/mol. The Labute approximate surface area is 134 Å². The van der Waals surface area contributed by atoms with Crippen LogP contribution in [-0.4, -0.2) is 0 Å². The molecule has 0 aliphatic heterocycles. The smallest absolute Gasteiger partial charge is 0.0276 e. The lowest BCUT2D eigenvalue weighted by atomic mass is 10.0. The molecule has 0 heterocycles. The van der Waals surface area contributed by atoms with Crippen LogP contribution in [0.25, 0.3) is 0 Å². The average molecular weight is 290 g/mol. The molecular formula is C21H37. The van der Waals surface area contributed by atoms with Crippen molar-refractivity contribution >= 4 is 0 Å². The van der Waals surface area contributed by atoms with E-state index in [0.29, 0.717) is 0 Å². The van der Waals surface area contributed by atoms with Crippen LogP contribution in [0.2, 0.25) is 0 Å². The summed E-state index contributed by atoms with van der Waals surface area (Å²) in [5.41, 5.74) is 0. The molecule has 1 radical (unpaired) electrons. The van der Waals surface area contributed by atoms with Crippen LogP contribution in [0.5, 0.6) is 0 Å². The molecule has 0 unspecified atom stereocenters. The van der Waals surface area contributed by atoms with Crippen LogP contribution < -0.4 is 0 Å². The molecule has 0 heteroatoms. The van der Waals surface area contributed by atoms with Crippen molar-refractivity contribution in [1.82, 2.24) is 0 Å². The maximum atomic E-state index is 3.40. The first-order valence-corrected chi connectivity index (χ1v) is 9.72. The third-order valence-corrected chi connectivity index (χ3v) is 4.54. The fourth-order valence-electron chi connectivity index (χ4n) is 3.10. The summed E-state index contributed by atoms with van der Waals surface area (Å²) in [6.07, 6.45) is 34.0. The summed E-state index contributed by atoms with van der Waals surface area (Å²) in [7, 11) is 0. The lowest BCUT2D eigenvalue weighted by Gasteiger charge is -2.03. The molecule has 21 heavy (non-hydrogen) atoms. The molecule has 0 atom stereocenters. The van der Waals surface area contributed by atoms with Gasteiger partial charge in [-0.2, -0.15) is 0 Å². The van der Waals surface area contributed by atoms with Gasteiger partial charge in [-0.25, -0.2) is 0 Å². The van der Waals surface area contributed by atoms with Gasteiger partial charge in [0.05, 0.1) is 0 Å². The second-order valence-corrected chi connectivity index (χ2v) is 6.64. The lowest BCUT2D eigenvalue weighted by molar-refractivity contribution is 0.531. The van der Waals surface area contributed by atoms with Crippen LogP contribution in [-0.2, 0) is 0 Å². The van der Waals surface area contributed by atoms with Gasteiger partial charge < -0.3 is 0 Å². The Morgan fingerprint density at radius 2 is 0.905 bits per heavy atom. The minimum atomic E-state index is 1.14. The van der Waals surface area contributed by atoms with Crippen molar-refractivity contribution < 1.29 is 0 Å². The van der Waals surface area contributed by atoms with E-state index in [1.807, 2.05) is 0 Å². The van der Waals surface area contributed by atoms with Gasteiger partial charge >= 0.3 is 0 Å². The highest BCUT2D eigenvalue weighted by Gasteiger charge is 1.94. The predicted octanol–water partition coefficient (Wildman–Crippen LogP) is 7.55. The largest absolute Gasteiger partial charge is 0.0845 e. The van der Waals surface area contributed by atoms with Crippen molar-refractivity contribution in [2.24, 2.45) is 0 Å². The van der Waals surface area contributed by atoms with Crippen LogP contribution in [0.3, 0.4) is 0 Å². The fourth-order valence-corrected chi connectivity index (χ4v) is 3.10. The molecule has 0 N–H and O–H groups in total. The van der Waals surface area contributed by atoms with Gasteiger partial charge in [-0.3, -0.25) is 0 Å². The number of allylic oxidation sites excluding steroid dienone is 4. The average Bonchev–Trinajstić information content (AvgIpc) is 2.50. The molecule has 0 saturated heterocycles. The van der Waals surface area contributed by atoms with E-state index in [0.717, 1.165) is 6.42 Å². The molecule has 0 aromatic heterocycles. The summed E-state index contributed by atoms with van der Waals surface area (Å²) in [6.45, 7) is 0. The molecule has 0 amide bonds. The van der Waals surface area contributed by atoms with Gasteiger partial charge in [0, 0.05) is 0 Å². The minimum Gasteiger partial charge on any atom is -0.0845 e. The summed E-state index contributed by atoms with van der Waals surface area (Å²) >= 11 is 0. The molecule has 1 rings (SSSR count). The van der Waals surface area contributed by atoms with Gasteiger partial charge in [0.25, 0.3) is 0 Å². The maximum absolute atomic E-state index is 3.40. The molecule has 1 aliphatic rings. The quantitative estimate of drug-likeness (QED) is 0.432. The molecule has 0 aromatic carbocycles. The van der Waals surface area contributed by atoms with E-state index in [1.165, 1.54) is 103 Å². The van der Waals surface area contributed by atoms with E-state index in [9.17, 15) is 0 Å². The SMILES string of the molecule is [C]1=C/C=C/CCCCCCCCCCCCCCCCC/1. The Bertz CT molecular complexity index is 223. The molecule has 1 aliphatic carbocycles. The molecule has 121 valence electrons. The molecule has 0 aromatic rings. The van der Waals surface area contributed by atoms with Gasteiger partial charge in [0.15, 0.2) is 0 Å². The van der Waals surface area contributed by atoms with Crippen LogP contribution in [0.4, 0.5) is 0 Å². The Morgan fingerprint density at radius 1 is 0.476 bits per heavy atom. The zero-order valence-electron chi connectivity index (χ0n) is 14.3. The maximum Gasteiger partial charge on any atom is -0.0276 e. The highest BCUT2D eigenvalue weighted by atomic mass is 14.0. The second kappa shape index (κ2) is 15.9. The van der Waals surface area contributed by atoms with Crippen molar-refractivity contribution in [3.8, 4) is 0 Å². The standard InChI is InChI=1S/C21H37/c1-2-4-6-8-10-12-14-16-18-20-21-19-17-15-13-11-9-7-5-3-1/h1-3H,4,6-21H2/b2-1+,5-3?. The Kier molecular flexibility index (Phi) is 14.0. The van der Waals surface area contributed by atoms with Crippen molar-refractivity contribution in [1.29, 1.82) is 0 Å². The first kappa shape index (κ1) is 18.5. The highest BCUT2D eigenvalue weighted by molar-refractivity contribution is 4.98.